The number of furan rings is 1. The number of methoxy groups -OCH3 is 1. The van der Waals surface area contributed by atoms with E-state index in [-0.39, 0.29) is 11.6 Å². The Morgan fingerprint density at radius 1 is 1.00 bits per heavy atom. The van der Waals surface area contributed by atoms with E-state index in [1.165, 1.54) is 31.2 Å². The number of hydrogen-bond donors (Lipinski definition) is 3. The molecule has 10 heteroatoms. The molecule has 0 aliphatic carbocycles. The standard InChI is InChI=1S/C32H30ClN3O5S/c1-4-29(32(39)35-26-16-20(2)25(33)19-28(26)40-3)42-24-14-8-12-22(17-24)34-31(38)27(18-23-13-9-15-41-23)36-30(37)21-10-6-5-7-11-21/h5-19,29H,4H2,1-3H3,(H,34,38)(H,35,39)(H,36,37)/b27-18-. The van der Waals surface area contributed by atoms with Crippen molar-refractivity contribution in [1.82, 2.24) is 5.32 Å². The van der Waals surface area contributed by atoms with Crippen molar-refractivity contribution in [3.05, 3.63) is 113 Å². The SMILES string of the molecule is CCC(Sc1cccc(NC(=O)/C(=C/c2ccco2)NC(=O)c2ccccc2)c1)C(=O)Nc1cc(C)c(Cl)cc1OC. The molecule has 216 valence electrons. The number of carbonyl (C=O) groups excluding carboxylic acids is 3. The molecule has 0 fully saturated rings. The van der Waals surface area contributed by atoms with Gasteiger partial charge in [-0.2, -0.15) is 0 Å². The molecule has 1 aromatic heterocycles. The van der Waals surface area contributed by atoms with Gasteiger partial charge in [0.25, 0.3) is 11.8 Å². The first-order valence-electron chi connectivity index (χ1n) is 13.1. The van der Waals surface area contributed by atoms with E-state index in [0.29, 0.717) is 39.9 Å². The second-order valence-electron chi connectivity index (χ2n) is 9.18. The molecule has 0 spiro atoms. The third kappa shape index (κ3) is 8.05. The number of hydrogen-bond acceptors (Lipinski definition) is 6. The molecule has 0 bridgehead atoms. The number of carbonyl (C=O) groups is 3. The largest absolute Gasteiger partial charge is 0.495 e. The maximum atomic E-state index is 13.3. The van der Waals surface area contributed by atoms with Gasteiger partial charge < -0.3 is 25.1 Å². The number of anilines is 2. The van der Waals surface area contributed by atoms with Crippen LogP contribution in [0, 0.1) is 6.92 Å². The maximum Gasteiger partial charge on any atom is 0.272 e. The summed E-state index contributed by atoms with van der Waals surface area (Å²) in [7, 11) is 1.52. The zero-order valence-corrected chi connectivity index (χ0v) is 24.8. The number of aryl methyl sites for hydroxylation is 1. The molecule has 3 aromatic carbocycles. The molecule has 0 saturated heterocycles. The van der Waals surface area contributed by atoms with E-state index in [2.05, 4.69) is 16.0 Å². The van der Waals surface area contributed by atoms with E-state index in [4.69, 9.17) is 20.8 Å². The Morgan fingerprint density at radius 2 is 1.79 bits per heavy atom. The smallest absolute Gasteiger partial charge is 0.272 e. The van der Waals surface area contributed by atoms with Crippen molar-refractivity contribution in [2.24, 2.45) is 0 Å². The Labute approximate surface area is 253 Å². The quantitative estimate of drug-likeness (QED) is 0.124. The summed E-state index contributed by atoms with van der Waals surface area (Å²) < 4.78 is 10.7. The highest BCUT2D eigenvalue weighted by Gasteiger charge is 2.21. The van der Waals surface area contributed by atoms with Gasteiger partial charge in [-0.05, 0) is 67.4 Å². The van der Waals surface area contributed by atoms with Gasteiger partial charge in [0, 0.05) is 33.3 Å². The van der Waals surface area contributed by atoms with Crippen molar-refractivity contribution in [2.75, 3.05) is 17.7 Å². The van der Waals surface area contributed by atoms with Crippen LogP contribution in [0.15, 0.2) is 100 Å². The fourth-order valence-corrected chi connectivity index (χ4v) is 5.10. The van der Waals surface area contributed by atoms with E-state index < -0.39 is 17.1 Å². The molecule has 1 unspecified atom stereocenters. The zero-order valence-electron chi connectivity index (χ0n) is 23.3. The minimum absolute atomic E-state index is 0.00915. The van der Waals surface area contributed by atoms with Crippen molar-refractivity contribution < 1.29 is 23.5 Å². The lowest BCUT2D eigenvalue weighted by molar-refractivity contribution is -0.116. The van der Waals surface area contributed by atoms with Gasteiger partial charge in [0.1, 0.15) is 17.2 Å². The molecule has 1 atom stereocenters. The summed E-state index contributed by atoms with van der Waals surface area (Å²) in [4.78, 5) is 40.1. The van der Waals surface area contributed by atoms with Gasteiger partial charge in [-0.15, -0.1) is 11.8 Å². The first-order chi connectivity index (χ1) is 20.3. The summed E-state index contributed by atoms with van der Waals surface area (Å²) in [5, 5.41) is 8.58. The second-order valence-corrected chi connectivity index (χ2v) is 10.9. The molecular formula is C32H30ClN3O5S. The number of rotatable bonds is 11. The van der Waals surface area contributed by atoms with Gasteiger partial charge in [0.2, 0.25) is 5.91 Å². The highest BCUT2D eigenvalue weighted by Crippen LogP contribution is 2.33. The van der Waals surface area contributed by atoms with Crippen LogP contribution in [-0.2, 0) is 9.59 Å². The lowest BCUT2D eigenvalue weighted by Gasteiger charge is -2.18. The average molecular weight is 604 g/mol. The van der Waals surface area contributed by atoms with E-state index in [9.17, 15) is 14.4 Å². The Hall–Kier alpha value is -4.47. The molecule has 8 nitrogen and oxygen atoms in total. The molecule has 3 amide bonds. The fourth-order valence-electron chi connectivity index (χ4n) is 3.93. The fraction of sp³-hybridized carbons (Fsp3) is 0.156. The van der Waals surface area contributed by atoms with Crippen LogP contribution in [0.5, 0.6) is 5.75 Å². The summed E-state index contributed by atoms with van der Waals surface area (Å²) in [5.74, 6) is -0.280. The molecule has 4 rings (SSSR count). The van der Waals surface area contributed by atoms with Crippen LogP contribution >= 0.6 is 23.4 Å². The van der Waals surface area contributed by atoms with Crippen molar-refractivity contribution in [1.29, 1.82) is 0 Å². The van der Waals surface area contributed by atoms with Gasteiger partial charge in [0.05, 0.1) is 24.3 Å². The predicted molar refractivity (Wildman–Crippen MR) is 167 cm³/mol. The minimum Gasteiger partial charge on any atom is -0.495 e. The molecule has 0 saturated carbocycles. The van der Waals surface area contributed by atoms with Gasteiger partial charge in [0.15, 0.2) is 0 Å². The second kappa shape index (κ2) is 14.4. The zero-order chi connectivity index (χ0) is 30.1. The molecule has 0 aliphatic heterocycles. The first kappa shape index (κ1) is 30.5. The third-order valence-corrected chi connectivity index (χ3v) is 7.90. The highest BCUT2D eigenvalue weighted by atomic mass is 35.5. The molecule has 42 heavy (non-hydrogen) atoms. The lowest BCUT2D eigenvalue weighted by Crippen LogP contribution is -2.30. The number of ether oxygens (including phenoxy) is 1. The molecule has 1 heterocycles. The number of nitrogens with one attached hydrogen (secondary N) is 3. The minimum atomic E-state index is -0.534. The normalized spacial score (nSPS) is 11.9. The summed E-state index contributed by atoms with van der Waals surface area (Å²) in [6.07, 6.45) is 3.49. The topological polar surface area (TPSA) is 110 Å². The van der Waals surface area contributed by atoms with Gasteiger partial charge in [-0.1, -0.05) is 42.8 Å². The number of benzene rings is 3. The number of halogens is 1. The highest BCUT2D eigenvalue weighted by molar-refractivity contribution is 8.00. The van der Waals surface area contributed by atoms with E-state index in [1.807, 2.05) is 19.9 Å². The van der Waals surface area contributed by atoms with E-state index in [0.717, 1.165) is 10.5 Å². The molecule has 0 radical (unpaired) electrons. The van der Waals surface area contributed by atoms with Crippen molar-refractivity contribution in [2.45, 2.75) is 30.4 Å². The van der Waals surface area contributed by atoms with Crippen molar-refractivity contribution >= 4 is 58.5 Å². The number of thioether (sulfide) groups is 1. The van der Waals surface area contributed by atoms with Crippen LogP contribution in [0.2, 0.25) is 5.02 Å². The van der Waals surface area contributed by atoms with Crippen LogP contribution in [0.25, 0.3) is 6.08 Å². The van der Waals surface area contributed by atoms with Gasteiger partial charge in [-0.3, -0.25) is 14.4 Å². The summed E-state index contributed by atoms with van der Waals surface area (Å²) in [5.41, 5.74) is 2.27. The van der Waals surface area contributed by atoms with Crippen LogP contribution in [0.4, 0.5) is 11.4 Å². The van der Waals surface area contributed by atoms with Crippen LogP contribution < -0.4 is 20.7 Å². The Kier molecular flexibility index (Phi) is 10.5. The van der Waals surface area contributed by atoms with Crippen molar-refractivity contribution in [3.63, 3.8) is 0 Å². The van der Waals surface area contributed by atoms with Gasteiger partial charge in [-0.25, -0.2) is 0 Å². The predicted octanol–water partition coefficient (Wildman–Crippen LogP) is 7.17. The van der Waals surface area contributed by atoms with E-state index in [1.54, 1.807) is 72.8 Å². The van der Waals surface area contributed by atoms with Crippen LogP contribution in [-0.4, -0.2) is 30.1 Å². The van der Waals surface area contributed by atoms with Crippen LogP contribution in [0.1, 0.15) is 35.0 Å². The molecule has 4 aromatic rings. The number of amides is 3. The molecule has 0 aliphatic rings. The first-order valence-corrected chi connectivity index (χ1v) is 14.4. The van der Waals surface area contributed by atoms with Gasteiger partial charge >= 0.3 is 0 Å². The summed E-state index contributed by atoms with van der Waals surface area (Å²) >= 11 is 7.57. The molecule has 3 N–H and O–H groups in total. The molecular weight excluding hydrogens is 574 g/mol. The maximum absolute atomic E-state index is 13.3. The monoisotopic (exact) mass is 603 g/mol. The summed E-state index contributed by atoms with van der Waals surface area (Å²) in [6, 6.07) is 22.6. The Bertz CT molecular complexity index is 1590. The van der Waals surface area contributed by atoms with E-state index >= 15 is 0 Å². The third-order valence-electron chi connectivity index (χ3n) is 6.13. The average Bonchev–Trinajstić information content (AvgIpc) is 3.51. The lowest BCUT2D eigenvalue weighted by atomic mass is 10.2. The Balaban J connectivity index is 1.48. The Morgan fingerprint density at radius 3 is 2.48 bits per heavy atom. The van der Waals surface area contributed by atoms with Crippen molar-refractivity contribution in [3.8, 4) is 5.75 Å². The van der Waals surface area contributed by atoms with Crippen LogP contribution in [0.3, 0.4) is 0 Å². The summed E-state index contributed by atoms with van der Waals surface area (Å²) in [6.45, 7) is 3.78.